The van der Waals surface area contributed by atoms with E-state index in [1.165, 1.54) is 27.8 Å². The van der Waals surface area contributed by atoms with Crippen molar-refractivity contribution >= 4 is 5.57 Å². The zero-order valence-electron chi connectivity index (χ0n) is 14.7. The Morgan fingerprint density at radius 2 is 1.74 bits per heavy atom. The van der Waals surface area contributed by atoms with Crippen LogP contribution in [0, 0.1) is 0 Å². The molecule has 0 heterocycles. The summed E-state index contributed by atoms with van der Waals surface area (Å²) < 4.78 is 0. The van der Waals surface area contributed by atoms with Gasteiger partial charge in [-0.2, -0.15) is 0 Å². The molecule has 1 rings (SSSR count). The Kier molecular flexibility index (Phi) is 8.46. The fourth-order valence-corrected chi connectivity index (χ4v) is 2.34. The number of hydrogen-bond acceptors (Lipinski definition) is 0. The highest BCUT2D eigenvalue weighted by molar-refractivity contribution is 5.71. The van der Waals surface area contributed by atoms with Crippen LogP contribution in [0.15, 0.2) is 91.1 Å². The summed E-state index contributed by atoms with van der Waals surface area (Å²) in [7, 11) is 0. The Hall–Kier alpha value is -2.34. The van der Waals surface area contributed by atoms with Gasteiger partial charge in [-0.25, -0.2) is 0 Å². The maximum atomic E-state index is 3.92. The van der Waals surface area contributed by atoms with Crippen molar-refractivity contribution in [3.63, 3.8) is 0 Å². The van der Waals surface area contributed by atoms with E-state index in [9.17, 15) is 0 Å². The maximum absolute atomic E-state index is 3.92. The number of aryl methyl sites for hydroxylation is 1. The third-order valence-corrected chi connectivity index (χ3v) is 3.94. The minimum absolute atomic E-state index is 1.05. The number of allylic oxidation sites excluding steroid dienone is 10. The lowest BCUT2D eigenvalue weighted by atomic mass is 9.95. The molecule has 0 aromatic heterocycles. The van der Waals surface area contributed by atoms with Crippen LogP contribution in [0.1, 0.15) is 38.3 Å². The van der Waals surface area contributed by atoms with E-state index >= 15 is 0 Å². The van der Waals surface area contributed by atoms with E-state index in [-0.39, 0.29) is 0 Å². The Morgan fingerprint density at radius 3 is 2.30 bits per heavy atom. The highest BCUT2D eigenvalue weighted by Crippen LogP contribution is 2.24. The monoisotopic (exact) mass is 304 g/mol. The summed E-state index contributed by atoms with van der Waals surface area (Å²) in [6, 6.07) is 8.86. The zero-order chi connectivity index (χ0) is 17.1. The van der Waals surface area contributed by atoms with Crippen molar-refractivity contribution in [1.82, 2.24) is 0 Å². The fourth-order valence-electron chi connectivity index (χ4n) is 2.34. The van der Waals surface area contributed by atoms with Crippen LogP contribution in [-0.4, -0.2) is 0 Å². The molecule has 0 aliphatic rings. The van der Waals surface area contributed by atoms with Gasteiger partial charge in [-0.1, -0.05) is 80.0 Å². The van der Waals surface area contributed by atoms with Crippen LogP contribution in [0.4, 0.5) is 0 Å². The predicted molar refractivity (Wildman–Crippen MR) is 105 cm³/mol. The van der Waals surface area contributed by atoms with Crippen LogP contribution >= 0.6 is 0 Å². The normalized spacial score (nSPS) is 13.4. The molecule has 0 saturated heterocycles. The third kappa shape index (κ3) is 6.12. The Bertz CT molecular complexity index is 631. The van der Waals surface area contributed by atoms with E-state index in [2.05, 4.69) is 63.4 Å². The van der Waals surface area contributed by atoms with Crippen molar-refractivity contribution in [2.45, 2.75) is 33.6 Å². The molecule has 0 nitrogen and oxygen atoms in total. The van der Waals surface area contributed by atoms with Gasteiger partial charge >= 0.3 is 0 Å². The van der Waals surface area contributed by atoms with Gasteiger partial charge in [0.1, 0.15) is 0 Å². The lowest BCUT2D eigenvalue weighted by Gasteiger charge is -2.10. The molecule has 0 aliphatic carbocycles. The Morgan fingerprint density at radius 1 is 1.04 bits per heavy atom. The molecule has 0 amide bonds. The SMILES string of the molecule is C=C/C=C\CCc1ccc(\C(C)=C(C)/C(C=C)=C/C=C\C)cc1. The van der Waals surface area contributed by atoms with Gasteiger partial charge in [-0.3, -0.25) is 0 Å². The smallest absolute Gasteiger partial charge is 0.0224 e. The second-order valence-electron chi connectivity index (χ2n) is 5.50. The van der Waals surface area contributed by atoms with E-state index in [1.807, 2.05) is 37.3 Å². The molecular weight excluding hydrogens is 276 g/mol. The molecule has 120 valence electrons. The van der Waals surface area contributed by atoms with Gasteiger partial charge in [0.15, 0.2) is 0 Å². The standard InChI is InChI=1S/C23H28/c1-6-9-11-12-13-21-15-17-23(18-16-21)20(5)19(4)22(8-3)14-10-7-2/h6-11,14-18H,1,3,12-13H2,2,4-5H3/b10-7-,11-9-,20-19-,22-14+. The van der Waals surface area contributed by atoms with Crippen LogP contribution < -0.4 is 0 Å². The van der Waals surface area contributed by atoms with E-state index in [4.69, 9.17) is 0 Å². The quantitative estimate of drug-likeness (QED) is 0.461. The Labute approximate surface area is 141 Å². The van der Waals surface area contributed by atoms with Gasteiger partial charge in [0.05, 0.1) is 0 Å². The third-order valence-electron chi connectivity index (χ3n) is 3.94. The van der Waals surface area contributed by atoms with Crippen LogP contribution in [0.3, 0.4) is 0 Å². The van der Waals surface area contributed by atoms with Crippen molar-refractivity contribution in [3.05, 3.63) is 102 Å². The zero-order valence-corrected chi connectivity index (χ0v) is 14.7. The highest BCUT2D eigenvalue weighted by Gasteiger charge is 2.03. The van der Waals surface area contributed by atoms with Crippen LogP contribution in [-0.2, 0) is 6.42 Å². The molecule has 0 unspecified atom stereocenters. The van der Waals surface area contributed by atoms with E-state index in [1.54, 1.807) is 0 Å². The molecule has 0 heteroatoms. The second-order valence-corrected chi connectivity index (χ2v) is 5.50. The Balaban J connectivity index is 2.93. The van der Waals surface area contributed by atoms with Gasteiger partial charge < -0.3 is 0 Å². The highest BCUT2D eigenvalue weighted by atomic mass is 14.1. The molecule has 0 N–H and O–H groups in total. The van der Waals surface area contributed by atoms with Gasteiger partial charge in [0.2, 0.25) is 0 Å². The summed E-state index contributed by atoms with van der Waals surface area (Å²) in [6.45, 7) is 14.0. The van der Waals surface area contributed by atoms with Crippen LogP contribution in [0.25, 0.3) is 5.57 Å². The van der Waals surface area contributed by atoms with Crippen LogP contribution in [0.2, 0.25) is 0 Å². The molecule has 0 bridgehead atoms. The van der Waals surface area contributed by atoms with E-state index in [0.717, 1.165) is 12.8 Å². The van der Waals surface area contributed by atoms with Crippen molar-refractivity contribution in [3.8, 4) is 0 Å². The largest absolute Gasteiger partial charge is 0.0991 e. The predicted octanol–water partition coefficient (Wildman–Crippen LogP) is 6.84. The average molecular weight is 304 g/mol. The molecule has 0 saturated carbocycles. The average Bonchev–Trinajstić information content (AvgIpc) is 2.59. The second kappa shape index (κ2) is 10.4. The summed E-state index contributed by atoms with van der Waals surface area (Å²) in [5.74, 6) is 0. The lowest BCUT2D eigenvalue weighted by molar-refractivity contribution is 1.00. The van der Waals surface area contributed by atoms with Crippen molar-refractivity contribution < 1.29 is 0 Å². The van der Waals surface area contributed by atoms with Gasteiger partial charge in [-0.15, -0.1) is 0 Å². The first-order valence-corrected chi connectivity index (χ1v) is 8.14. The topological polar surface area (TPSA) is 0 Å². The fraction of sp³-hybridized carbons (Fsp3) is 0.217. The first kappa shape index (κ1) is 18.7. The first-order chi connectivity index (χ1) is 11.1. The molecule has 1 aromatic rings. The van der Waals surface area contributed by atoms with Crippen molar-refractivity contribution in [2.24, 2.45) is 0 Å². The van der Waals surface area contributed by atoms with Gasteiger partial charge in [0, 0.05) is 0 Å². The van der Waals surface area contributed by atoms with Gasteiger partial charge in [-0.05, 0) is 61.5 Å². The number of benzene rings is 1. The molecule has 0 radical (unpaired) electrons. The summed E-state index contributed by atoms with van der Waals surface area (Å²) >= 11 is 0. The molecule has 23 heavy (non-hydrogen) atoms. The van der Waals surface area contributed by atoms with Gasteiger partial charge in [0.25, 0.3) is 0 Å². The molecule has 0 atom stereocenters. The molecule has 1 aromatic carbocycles. The first-order valence-electron chi connectivity index (χ1n) is 8.14. The van der Waals surface area contributed by atoms with Crippen LogP contribution in [0.5, 0.6) is 0 Å². The van der Waals surface area contributed by atoms with E-state index < -0.39 is 0 Å². The minimum atomic E-state index is 1.05. The van der Waals surface area contributed by atoms with E-state index in [0.29, 0.717) is 0 Å². The molecule has 0 fully saturated rings. The van der Waals surface area contributed by atoms with Crippen molar-refractivity contribution in [1.29, 1.82) is 0 Å². The summed E-state index contributed by atoms with van der Waals surface area (Å²) in [6.07, 6.45) is 16.2. The minimum Gasteiger partial charge on any atom is -0.0991 e. The summed E-state index contributed by atoms with van der Waals surface area (Å²) in [4.78, 5) is 0. The molecule has 0 spiro atoms. The number of rotatable bonds is 8. The molecular formula is C23H28. The summed E-state index contributed by atoms with van der Waals surface area (Å²) in [5.41, 5.74) is 6.35. The molecule has 0 aliphatic heterocycles. The maximum Gasteiger partial charge on any atom is -0.0224 e. The van der Waals surface area contributed by atoms with Crippen molar-refractivity contribution in [2.75, 3.05) is 0 Å². The lowest BCUT2D eigenvalue weighted by Crippen LogP contribution is -1.90. The number of hydrogen-bond donors (Lipinski definition) is 0. The summed E-state index contributed by atoms with van der Waals surface area (Å²) in [5, 5.41) is 0.